The van der Waals surface area contributed by atoms with Crippen LogP contribution in [0, 0.1) is 12.8 Å². The van der Waals surface area contributed by atoms with Gasteiger partial charge in [-0.3, -0.25) is 0 Å². The summed E-state index contributed by atoms with van der Waals surface area (Å²) in [7, 11) is 3.17. The Morgan fingerprint density at radius 2 is 1.79 bits per heavy atom. The minimum atomic E-state index is -4.51. The van der Waals surface area contributed by atoms with Gasteiger partial charge >= 0.3 is 6.18 Å². The number of hydrogen-bond acceptors (Lipinski definition) is 7. The minimum Gasteiger partial charge on any atom is -0.493 e. The van der Waals surface area contributed by atoms with E-state index >= 15 is 0 Å². The van der Waals surface area contributed by atoms with Crippen LogP contribution in [0.15, 0.2) is 30.3 Å². The van der Waals surface area contributed by atoms with E-state index in [0.29, 0.717) is 40.7 Å². The Bertz CT molecular complexity index is 1110. The predicted octanol–water partition coefficient (Wildman–Crippen LogP) is 5.02. The molecule has 0 saturated carbocycles. The van der Waals surface area contributed by atoms with E-state index in [9.17, 15) is 13.2 Å². The van der Waals surface area contributed by atoms with Gasteiger partial charge in [-0.05, 0) is 31.0 Å². The standard InChI is InChI=1S/C23H27F3N4O3/c1-13(2)20(32-5)12-33-19-9-16-17(10-18(19)31-4)28-14(3)29-22(16)27-11-15-7-6-8-21(30-15)23(24,25)26/h6-10,13,20H,11-12H2,1-5H3,(H,27,28,29). The number of fused-ring (bicyclic) bond motifs is 1. The van der Waals surface area contributed by atoms with Gasteiger partial charge < -0.3 is 19.5 Å². The lowest BCUT2D eigenvalue weighted by molar-refractivity contribution is -0.141. The molecule has 0 amide bonds. The van der Waals surface area contributed by atoms with Gasteiger partial charge in [-0.1, -0.05) is 19.9 Å². The Balaban J connectivity index is 1.91. The summed E-state index contributed by atoms with van der Waals surface area (Å²) in [6.45, 7) is 6.18. The molecular weight excluding hydrogens is 437 g/mol. The first kappa shape index (κ1) is 24.5. The van der Waals surface area contributed by atoms with E-state index in [4.69, 9.17) is 14.2 Å². The first-order valence-electron chi connectivity index (χ1n) is 10.4. The summed E-state index contributed by atoms with van der Waals surface area (Å²) in [5.41, 5.74) is -0.0961. The van der Waals surface area contributed by atoms with Crippen LogP contribution in [0.2, 0.25) is 0 Å². The summed E-state index contributed by atoms with van der Waals surface area (Å²) in [4.78, 5) is 12.6. The largest absolute Gasteiger partial charge is 0.493 e. The van der Waals surface area contributed by atoms with E-state index in [-0.39, 0.29) is 24.3 Å². The number of anilines is 1. The van der Waals surface area contributed by atoms with Gasteiger partial charge in [0.1, 0.15) is 23.9 Å². The molecule has 3 rings (SSSR count). The van der Waals surface area contributed by atoms with Crippen LogP contribution in [0.5, 0.6) is 11.5 Å². The molecule has 2 aromatic heterocycles. The van der Waals surface area contributed by atoms with Crippen LogP contribution < -0.4 is 14.8 Å². The number of halogens is 3. The molecule has 3 aromatic rings. The van der Waals surface area contributed by atoms with Gasteiger partial charge in [0.05, 0.1) is 31.0 Å². The van der Waals surface area contributed by atoms with Crippen LogP contribution in [0.1, 0.15) is 31.1 Å². The monoisotopic (exact) mass is 464 g/mol. The quantitative estimate of drug-likeness (QED) is 0.476. The summed E-state index contributed by atoms with van der Waals surface area (Å²) in [6, 6.07) is 7.28. The lowest BCUT2D eigenvalue weighted by Gasteiger charge is -2.21. The van der Waals surface area contributed by atoms with Crippen molar-refractivity contribution in [3.63, 3.8) is 0 Å². The molecule has 1 aromatic carbocycles. The van der Waals surface area contributed by atoms with Crippen molar-refractivity contribution < 1.29 is 27.4 Å². The highest BCUT2D eigenvalue weighted by Gasteiger charge is 2.32. The van der Waals surface area contributed by atoms with Crippen molar-refractivity contribution in [2.75, 3.05) is 26.1 Å². The molecule has 7 nitrogen and oxygen atoms in total. The molecule has 1 unspecified atom stereocenters. The number of benzene rings is 1. The smallest absolute Gasteiger partial charge is 0.433 e. The second-order valence-corrected chi connectivity index (χ2v) is 7.83. The fourth-order valence-corrected chi connectivity index (χ4v) is 3.27. The molecule has 1 atom stereocenters. The minimum absolute atomic E-state index is 0.0524. The van der Waals surface area contributed by atoms with Crippen LogP contribution in [-0.2, 0) is 17.5 Å². The summed E-state index contributed by atoms with van der Waals surface area (Å²) in [6.07, 6.45) is -4.61. The molecule has 178 valence electrons. The van der Waals surface area contributed by atoms with E-state index in [1.807, 2.05) is 13.8 Å². The van der Waals surface area contributed by atoms with E-state index in [2.05, 4.69) is 20.3 Å². The molecule has 2 heterocycles. The molecule has 0 saturated heterocycles. The van der Waals surface area contributed by atoms with E-state index < -0.39 is 11.9 Å². The molecule has 33 heavy (non-hydrogen) atoms. The van der Waals surface area contributed by atoms with Crippen LogP contribution >= 0.6 is 0 Å². The summed E-state index contributed by atoms with van der Waals surface area (Å²) < 4.78 is 55.8. The van der Waals surface area contributed by atoms with E-state index in [1.54, 1.807) is 26.2 Å². The number of nitrogens with one attached hydrogen (secondary N) is 1. The van der Waals surface area contributed by atoms with Crippen molar-refractivity contribution in [1.82, 2.24) is 15.0 Å². The zero-order chi connectivity index (χ0) is 24.2. The molecule has 1 N–H and O–H groups in total. The van der Waals surface area contributed by atoms with Gasteiger partial charge in [-0.15, -0.1) is 0 Å². The highest BCUT2D eigenvalue weighted by Crippen LogP contribution is 2.35. The summed E-state index contributed by atoms with van der Waals surface area (Å²) >= 11 is 0. The predicted molar refractivity (Wildman–Crippen MR) is 119 cm³/mol. The van der Waals surface area contributed by atoms with Crippen LogP contribution in [0.4, 0.5) is 19.0 Å². The van der Waals surface area contributed by atoms with Gasteiger partial charge in [0, 0.05) is 18.6 Å². The summed E-state index contributed by atoms with van der Waals surface area (Å²) in [5.74, 6) is 2.20. The second kappa shape index (κ2) is 10.2. The number of ether oxygens (including phenoxy) is 3. The van der Waals surface area contributed by atoms with Crippen molar-refractivity contribution in [3.8, 4) is 11.5 Å². The second-order valence-electron chi connectivity index (χ2n) is 7.83. The van der Waals surface area contributed by atoms with Gasteiger partial charge in [0.25, 0.3) is 0 Å². The molecular formula is C23H27F3N4O3. The van der Waals surface area contributed by atoms with Gasteiger partial charge in [-0.25, -0.2) is 15.0 Å². The SMILES string of the molecule is COc1cc2nc(C)nc(NCc3cccc(C(F)(F)F)n3)c2cc1OCC(OC)C(C)C. The van der Waals surface area contributed by atoms with Crippen LogP contribution in [-0.4, -0.2) is 41.9 Å². The van der Waals surface area contributed by atoms with Crippen molar-refractivity contribution in [1.29, 1.82) is 0 Å². The number of aryl methyl sites for hydroxylation is 1. The number of pyridine rings is 1. The zero-order valence-corrected chi connectivity index (χ0v) is 19.2. The third-order valence-electron chi connectivity index (χ3n) is 5.08. The Morgan fingerprint density at radius 3 is 2.42 bits per heavy atom. The van der Waals surface area contributed by atoms with Crippen molar-refractivity contribution >= 4 is 16.7 Å². The molecule has 0 fully saturated rings. The maximum absolute atomic E-state index is 13.0. The fraction of sp³-hybridized carbons (Fsp3) is 0.435. The average molecular weight is 464 g/mol. The van der Waals surface area contributed by atoms with Crippen molar-refractivity contribution in [2.24, 2.45) is 5.92 Å². The average Bonchev–Trinajstić information content (AvgIpc) is 2.76. The molecule has 10 heteroatoms. The number of hydrogen-bond donors (Lipinski definition) is 1. The Kier molecular flexibility index (Phi) is 7.57. The topological polar surface area (TPSA) is 78.4 Å². The third-order valence-corrected chi connectivity index (χ3v) is 5.08. The van der Waals surface area contributed by atoms with Crippen molar-refractivity contribution in [2.45, 2.75) is 39.6 Å². The number of methoxy groups -OCH3 is 2. The fourth-order valence-electron chi connectivity index (χ4n) is 3.27. The maximum atomic E-state index is 13.0. The lowest BCUT2D eigenvalue weighted by Crippen LogP contribution is -2.26. The molecule has 0 aliphatic rings. The Hall–Kier alpha value is -3.14. The first-order valence-corrected chi connectivity index (χ1v) is 10.4. The van der Waals surface area contributed by atoms with Crippen molar-refractivity contribution in [3.05, 3.63) is 47.5 Å². The molecule has 0 aliphatic heterocycles. The van der Waals surface area contributed by atoms with Gasteiger partial charge in [0.2, 0.25) is 0 Å². The van der Waals surface area contributed by atoms with E-state index in [0.717, 1.165) is 6.07 Å². The third kappa shape index (κ3) is 6.01. The normalized spacial score (nSPS) is 12.8. The number of aromatic nitrogens is 3. The van der Waals surface area contributed by atoms with Gasteiger partial charge in [0.15, 0.2) is 11.5 Å². The Labute approximate surface area is 190 Å². The lowest BCUT2D eigenvalue weighted by atomic mass is 10.1. The maximum Gasteiger partial charge on any atom is 0.433 e. The van der Waals surface area contributed by atoms with Crippen LogP contribution in [0.25, 0.3) is 10.9 Å². The molecule has 0 bridgehead atoms. The molecule has 0 radical (unpaired) electrons. The summed E-state index contributed by atoms with van der Waals surface area (Å²) in [5, 5.41) is 3.72. The zero-order valence-electron chi connectivity index (χ0n) is 19.2. The number of alkyl halides is 3. The Morgan fingerprint density at radius 1 is 1.03 bits per heavy atom. The number of rotatable bonds is 9. The highest BCUT2D eigenvalue weighted by molar-refractivity contribution is 5.91. The molecule has 0 aliphatic carbocycles. The highest BCUT2D eigenvalue weighted by atomic mass is 19.4. The van der Waals surface area contributed by atoms with Crippen LogP contribution in [0.3, 0.4) is 0 Å². The van der Waals surface area contributed by atoms with E-state index in [1.165, 1.54) is 19.2 Å². The first-order chi connectivity index (χ1) is 15.6. The van der Waals surface area contributed by atoms with Gasteiger partial charge in [-0.2, -0.15) is 13.2 Å². The number of nitrogens with zero attached hydrogens (tertiary/aromatic N) is 3. The molecule has 0 spiro atoms.